The van der Waals surface area contributed by atoms with E-state index < -0.39 is 0 Å². The van der Waals surface area contributed by atoms with Gasteiger partial charge in [-0.2, -0.15) is 6.07 Å². The van der Waals surface area contributed by atoms with Crippen molar-refractivity contribution in [2.24, 2.45) is 0 Å². The van der Waals surface area contributed by atoms with Crippen LogP contribution in [0.3, 0.4) is 0 Å². The average molecular weight is 1050 g/mol. The molecule has 0 N–H and O–H groups in total. The summed E-state index contributed by atoms with van der Waals surface area (Å²) in [6.45, 7) is 27.5. The van der Waals surface area contributed by atoms with Gasteiger partial charge in [0.05, 0.1) is 17.0 Å². The molecular formula is C59H57N5OPt. The first kappa shape index (κ1) is 45.1. The van der Waals surface area contributed by atoms with Gasteiger partial charge in [-0.3, -0.25) is 4.98 Å². The molecule has 5 aromatic carbocycles. The summed E-state index contributed by atoms with van der Waals surface area (Å²) >= 11 is 0. The maximum Gasteiger partial charge on any atom is 2.00 e. The topological polar surface area (TPSA) is 57.2 Å². The maximum absolute atomic E-state index is 6.76. The van der Waals surface area contributed by atoms with Crippen molar-refractivity contribution in [3.05, 3.63) is 162 Å². The first-order valence-electron chi connectivity index (χ1n) is 22.8. The molecule has 5 aromatic heterocycles. The molecule has 5 heterocycles. The third-order valence-corrected chi connectivity index (χ3v) is 12.8. The molecule has 10 rings (SSSR count). The van der Waals surface area contributed by atoms with Crippen LogP contribution < -0.4 is 4.74 Å². The van der Waals surface area contributed by atoms with E-state index in [0.717, 1.165) is 77.6 Å². The summed E-state index contributed by atoms with van der Waals surface area (Å²) < 4.78 is 11.2. The van der Waals surface area contributed by atoms with Crippen LogP contribution in [-0.4, -0.2) is 23.9 Å². The van der Waals surface area contributed by atoms with Crippen LogP contribution in [0.25, 0.3) is 77.6 Å². The van der Waals surface area contributed by atoms with Gasteiger partial charge in [0.15, 0.2) is 0 Å². The Kier molecular flexibility index (Phi) is 11.0. The smallest absolute Gasteiger partial charge is 0.503 e. The number of hydrogen-bond donors (Lipinski definition) is 0. The van der Waals surface area contributed by atoms with Crippen molar-refractivity contribution in [1.82, 2.24) is 23.9 Å². The van der Waals surface area contributed by atoms with Crippen molar-refractivity contribution >= 4 is 49.3 Å². The number of nitrogens with zero attached hydrogens (tertiary/aromatic N) is 5. The summed E-state index contributed by atoms with van der Waals surface area (Å²) in [6, 6.07) is 48.3. The van der Waals surface area contributed by atoms with E-state index in [4.69, 9.17) is 19.7 Å². The van der Waals surface area contributed by atoms with Crippen LogP contribution in [0.5, 0.6) is 11.5 Å². The second-order valence-corrected chi connectivity index (χ2v) is 21.8. The Balaban J connectivity index is 0.00000548. The number of aromatic nitrogens is 5. The minimum absolute atomic E-state index is 0. The van der Waals surface area contributed by atoms with Gasteiger partial charge in [0.2, 0.25) is 0 Å². The Morgan fingerprint density at radius 2 is 1.03 bits per heavy atom. The molecule has 0 aliphatic rings. The SMILES string of the molecule is CC(C)(C)c1cc(-c2nc3c4[c-]c(Oc5[c-]c6c(cc5)c5ccccc5n6-c5ccccn5)ccc4c4cccnc4n3c2-c2cc(C(C)(C)C)cc(C(C)(C)C)c2)cc(C(C)(C)C)c1.[Pt+2]. The number of ether oxygens (including phenoxy) is 1. The normalized spacial score (nSPS) is 12.7. The maximum atomic E-state index is 6.76. The fourth-order valence-electron chi connectivity index (χ4n) is 9.02. The molecule has 0 bridgehead atoms. The van der Waals surface area contributed by atoms with Crippen LogP contribution in [0, 0.1) is 12.1 Å². The molecule has 0 spiro atoms. The number of imidazole rings is 1. The minimum atomic E-state index is -0.0960. The van der Waals surface area contributed by atoms with E-state index in [0.29, 0.717) is 11.5 Å². The van der Waals surface area contributed by atoms with E-state index in [2.05, 4.69) is 183 Å². The van der Waals surface area contributed by atoms with Crippen molar-refractivity contribution in [3.8, 4) is 39.8 Å². The summed E-state index contributed by atoms with van der Waals surface area (Å²) in [5.41, 5.74) is 12.4. The van der Waals surface area contributed by atoms with Crippen molar-refractivity contribution in [2.75, 3.05) is 0 Å². The molecule has 66 heavy (non-hydrogen) atoms. The number of benzene rings is 5. The van der Waals surface area contributed by atoms with Gasteiger partial charge >= 0.3 is 21.1 Å². The monoisotopic (exact) mass is 1050 g/mol. The van der Waals surface area contributed by atoms with Gasteiger partial charge < -0.3 is 13.7 Å². The molecule has 0 saturated carbocycles. The standard InChI is InChI=1S/C59H57N5O.Pt/c1-56(2,3)38-28-36(29-39(32-38)57(4,5)6)52-53(37-30-40(58(7,8)9)33-41(31-37)59(10,11)12)64-54-47(19-17-27-61-54)44-24-22-42(34-48(44)55(64)62-52)65-43-23-25-46-45-18-13-14-20-49(45)63(50(46)35-43)51-21-15-16-26-60-51;/h13-33H,1-12H3;/q-2;+2. The fourth-order valence-corrected chi connectivity index (χ4v) is 9.02. The van der Waals surface area contributed by atoms with Crippen molar-refractivity contribution in [2.45, 2.75) is 105 Å². The van der Waals surface area contributed by atoms with Crippen molar-refractivity contribution in [3.63, 3.8) is 0 Å². The predicted octanol–water partition coefficient (Wildman–Crippen LogP) is 15.4. The van der Waals surface area contributed by atoms with Gasteiger partial charge in [-0.25, -0.2) is 9.97 Å². The average Bonchev–Trinajstić information content (AvgIpc) is 3.82. The van der Waals surface area contributed by atoms with Crippen LogP contribution in [0.4, 0.5) is 0 Å². The van der Waals surface area contributed by atoms with Crippen molar-refractivity contribution < 1.29 is 25.8 Å². The van der Waals surface area contributed by atoms with Gasteiger partial charge in [0.25, 0.3) is 0 Å². The Morgan fingerprint density at radius 1 is 0.485 bits per heavy atom. The Hall–Kier alpha value is -6.10. The van der Waals surface area contributed by atoms with Gasteiger partial charge in [-0.05, 0) is 103 Å². The summed E-state index contributed by atoms with van der Waals surface area (Å²) in [4.78, 5) is 15.6. The molecule has 0 aliphatic heterocycles. The zero-order valence-corrected chi connectivity index (χ0v) is 42.4. The van der Waals surface area contributed by atoms with Crippen LogP contribution in [0.2, 0.25) is 0 Å². The fraction of sp³-hybridized carbons (Fsp3) is 0.271. The summed E-state index contributed by atoms with van der Waals surface area (Å²) in [7, 11) is 0. The first-order chi connectivity index (χ1) is 30.7. The van der Waals surface area contributed by atoms with Gasteiger partial charge in [-0.1, -0.05) is 148 Å². The van der Waals surface area contributed by atoms with E-state index in [1.54, 1.807) is 0 Å². The Labute approximate surface area is 403 Å². The summed E-state index contributed by atoms with van der Waals surface area (Å²) in [6.07, 6.45) is 3.71. The molecule has 0 fully saturated rings. The van der Waals surface area contributed by atoms with Gasteiger partial charge in [0.1, 0.15) is 11.5 Å². The Bertz CT molecular complexity index is 3430. The molecule has 6 nitrogen and oxygen atoms in total. The van der Waals surface area contributed by atoms with E-state index in [1.807, 2.05) is 48.8 Å². The number of fused-ring (bicyclic) bond motifs is 9. The molecule has 0 unspecified atom stereocenters. The minimum Gasteiger partial charge on any atom is -0.503 e. The van der Waals surface area contributed by atoms with Crippen LogP contribution >= 0.6 is 0 Å². The molecule has 7 heteroatoms. The third kappa shape index (κ3) is 7.91. The molecular weight excluding hydrogens is 990 g/mol. The van der Waals surface area contributed by atoms with Crippen LogP contribution in [0.1, 0.15) is 105 Å². The van der Waals surface area contributed by atoms with Crippen LogP contribution in [0.15, 0.2) is 128 Å². The zero-order chi connectivity index (χ0) is 45.8. The van der Waals surface area contributed by atoms with Crippen molar-refractivity contribution in [1.29, 1.82) is 0 Å². The Morgan fingerprint density at radius 3 is 1.64 bits per heavy atom. The number of hydrogen-bond acceptors (Lipinski definition) is 4. The number of pyridine rings is 3. The molecule has 0 atom stereocenters. The van der Waals surface area contributed by atoms with E-state index in [9.17, 15) is 0 Å². The van der Waals surface area contributed by atoms with E-state index >= 15 is 0 Å². The molecule has 0 radical (unpaired) electrons. The summed E-state index contributed by atoms with van der Waals surface area (Å²) in [5.74, 6) is 1.97. The zero-order valence-electron chi connectivity index (χ0n) is 40.1. The molecule has 0 aliphatic carbocycles. The molecule has 10 aromatic rings. The number of para-hydroxylation sites is 1. The number of rotatable bonds is 5. The second kappa shape index (κ2) is 16.1. The quantitative estimate of drug-likeness (QED) is 0.127. The van der Waals surface area contributed by atoms with Gasteiger partial charge in [-0.15, -0.1) is 29.7 Å². The van der Waals surface area contributed by atoms with Crippen LogP contribution in [-0.2, 0) is 42.7 Å². The second-order valence-electron chi connectivity index (χ2n) is 21.8. The predicted molar refractivity (Wildman–Crippen MR) is 270 cm³/mol. The van der Waals surface area contributed by atoms with Gasteiger partial charge in [0, 0.05) is 40.5 Å². The largest absolute Gasteiger partial charge is 2.00 e. The molecule has 0 amide bonds. The third-order valence-electron chi connectivity index (χ3n) is 12.8. The summed E-state index contributed by atoms with van der Waals surface area (Å²) in [5, 5.41) is 5.08. The van der Waals surface area contributed by atoms with E-state index in [1.165, 1.54) is 22.3 Å². The first-order valence-corrected chi connectivity index (χ1v) is 22.8. The molecule has 0 saturated heterocycles. The molecule has 334 valence electrons. The van der Waals surface area contributed by atoms with E-state index in [-0.39, 0.29) is 42.7 Å².